The average Bonchev–Trinajstić information content (AvgIpc) is 2.80. The van der Waals surface area contributed by atoms with Crippen LogP contribution >= 0.6 is 11.9 Å². The molecular formula is C23H30N4O2S. The molecule has 1 aliphatic heterocycles. The van der Waals surface area contributed by atoms with Crippen molar-refractivity contribution in [2.45, 2.75) is 31.8 Å². The van der Waals surface area contributed by atoms with Gasteiger partial charge in [0.15, 0.2) is 0 Å². The number of fused-ring (bicyclic) bond motifs is 1. The largest absolute Gasteiger partial charge is 0.296 e. The highest BCUT2D eigenvalue weighted by atomic mass is 32.2. The summed E-state index contributed by atoms with van der Waals surface area (Å²) in [5, 5.41) is 2.60. The summed E-state index contributed by atoms with van der Waals surface area (Å²) in [6, 6.07) is 15.8. The Morgan fingerprint density at radius 3 is 2.60 bits per heavy atom. The number of rotatable bonds is 7. The Bertz CT molecular complexity index is 890. The molecule has 7 heteroatoms. The van der Waals surface area contributed by atoms with Crippen LogP contribution in [0.25, 0.3) is 10.8 Å². The Morgan fingerprint density at radius 2 is 1.90 bits per heavy atom. The van der Waals surface area contributed by atoms with Crippen LogP contribution in [0, 0.1) is 0 Å². The number of amides is 2. The summed E-state index contributed by atoms with van der Waals surface area (Å²) in [5.74, 6) is -0.652. The van der Waals surface area contributed by atoms with Crippen LogP contribution in [-0.2, 0) is 9.59 Å². The highest BCUT2D eigenvalue weighted by Gasteiger charge is 2.28. The molecule has 0 radical (unpaired) electrons. The minimum absolute atomic E-state index is 0.230. The highest BCUT2D eigenvalue weighted by molar-refractivity contribution is 7.96. The molecule has 6 nitrogen and oxygen atoms in total. The van der Waals surface area contributed by atoms with E-state index in [0.29, 0.717) is 12.1 Å². The van der Waals surface area contributed by atoms with Crippen molar-refractivity contribution in [3.05, 3.63) is 60.7 Å². The normalized spacial score (nSPS) is 16.4. The van der Waals surface area contributed by atoms with Crippen molar-refractivity contribution in [1.29, 1.82) is 0 Å². The second-order valence-electron chi connectivity index (χ2n) is 7.51. The second-order valence-corrected chi connectivity index (χ2v) is 8.34. The van der Waals surface area contributed by atoms with Crippen molar-refractivity contribution in [2.75, 3.05) is 25.9 Å². The second kappa shape index (κ2) is 10.6. The number of nitrogens with zero attached hydrogens (tertiary/aromatic N) is 2. The molecule has 1 heterocycles. The maximum atomic E-state index is 12.1. The lowest BCUT2D eigenvalue weighted by atomic mass is 9.96. The zero-order valence-electron chi connectivity index (χ0n) is 17.6. The van der Waals surface area contributed by atoms with E-state index < -0.39 is 5.91 Å². The van der Waals surface area contributed by atoms with Crippen LogP contribution in [0.1, 0.15) is 31.4 Å². The minimum Gasteiger partial charge on any atom is -0.296 e. The van der Waals surface area contributed by atoms with Crippen LogP contribution in [-0.4, -0.2) is 53.0 Å². The fraction of sp³-hybridized carbons (Fsp3) is 0.391. The van der Waals surface area contributed by atoms with Gasteiger partial charge in [0, 0.05) is 25.2 Å². The molecule has 3 rings (SSSR count). The first-order valence-corrected chi connectivity index (χ1v) is 11.5. The standard InChI is InChI=1S/C23H30N4O2S/c1-4-22(28)24-25-23(29)16-27(30-3)19-12-14-26(15-13-19)17(2)20-11-7-9-18-8-5-6-10-21(18)20/h4-11,17,19H,1,12-16H2,2-3H3,(H,24,28)(H,25,29). The van der Waals surface area contributed by atoms with E-state index >= 15 is 0 Å². The molecule has 0 aromatic heterocycles. The van der Waals surface area contributed by atoms with E-state index in [0.717, 1.165) is 32.0 Å². The van der Waals surface area contributed by atoms with E-state index in [1.54, 1.807) is 11.9 Å². The van der Waals surface area contributed by atoms with Crippen molar-refractivity contribution in [3.8, 4) is 0 Å². The van der Waals surface area contributed by atoms with Crippen LogP contribution < -0.4 is 10.9 Å². The molecular weight excluding hydrogens is 396 g/mol. The zero-order chi connectivity index (χ0) is 21.5. The number of nitrogens with one attached hydrogen (secondary N) is 2. The van der Waals surface area contributed by atoms with E-state index in [1.165, 1.54) is 16.3 Å². The van der Waals surface area contributed by atoms with Crippen molar-refractivity contribution in [2.24, 2.45) is 0 Å². The fourth-order valence-electron chi connectivity index (χ4n) is 4.08. The van der Waals surface area contributed by atoms with E-state index in [1.807, 2.05) is 6.26 Å². The lowest BCUT2D eigenvalue weighted by Gasteiger charge is -2.40. The summed E-state index contributed by atoms with van der Waals surface area (Å²) in [4.78, 5) is 25.9. The summed E-state index contributed by atoms with van der Waals surface area (Å²) in [5.41, 5.74) is 6.11. The molecule has 0 aliphatic carbocycles. The van der Waals surface area contributed by atoms with Gasteiger partial charge < -0.3 is 0 Å². The van der Waals surface area contributed by atoms with Gasteiger partial charge >= 0.3 is 0 Å². The van der Waals surface area contributed by atoms with Crippen LogP contribution in [0.15, 0.2) is 55.1 Å². The third kappa shape index (κ3) is 5.41. The number of carbonyl (C=O) groups excluding carboxylic acids is 2. The lowest BCUT2D eigenvalue weighted by Crippen LogP contribution is -2.49. The molecule has 2 N–H and O–H groups in total. The van der Waals surface area contributed by atoms with Crippen molar-refractivity contribution >= 4 is 34.5 Å². The van der Waals surface area contributed by atoms with Gasteiger partial charge in [-0.3, -0.25) is 25.3 Å². The number of hydrazine groups is 1. The highest BCUT2D eigenvalue weighted by Crippen LogP contribution is 2.31. The number of likely N-dealkylation sites (tertiary alicyclic amines) is 1. The van der Waals surface area contributed by atoms with Gasteiger partial charge in [0.2, 0.25) is 0 Å². The zero-order valence-corrected chi connectivity index (χ0v) is 18.5. The summed E-state index contributed by atoms with van der Waals surface area (Å²) in [6.45, 7) is 7.86. The maximum Gasteiger partial charge on any atom is 0.261 e. The predicted molar refractivity (Wildman–Crippen MR) is 124 cm³/mol. The van der Waals surface area contributed by atoms with Crippen molar-refractivity contribution in [1.82, 2.24) is 20.1 Å². The molecule has 1 saturated heterocycles. The minimum atomic E-state index is -0.421. The maximum absolute atomic E-state index is 12.1. The first kappa shape index (κ1) is 22.3. The Morgan fingerprint density at radius 1 is 1.20 bits per heavy atom. The topological polar surface area (TPSA) is 64.7 Å². The SMILES string of the molecule is C=CC(=O)NNC(=O)CN(SC)C1CCN(C(C)c2cccc3ccccc23)CC1. The Hall–Kier alpha value is -2.35. The van der Waals surface area contributed by atoms with Crippen molar-refractivity contribution in [3.63, 3.8) is 0 Å². The molecule has 1 atom stereocenters. The van der Waals surface area contributed by atoms with Crippen LogP contribution in [0.4, 0.5) is 0 Å². The summed E-state index contributed by atoms with van der Waals surface area (Å²) in [6.07, 6.45) is 5.12. The van der Waals surface area contributed by atoms with Crippen molar-refractivity contribution < 1.29 is 9.59 Å². The van der Waals surface area contributed by atoms with Gasteiger partial charge in [-0.2, -0.15) is 0 Å². The van der Waals surface area contributed by atoms with Gasteiger partial charge in [-0.25, -0.2) is 4.31 Å². The number of hydrogen-bond donors (Lipinski definition) is 2. The third-order valence-corrected chi connectivity index (χ3v) is 6.67. The predicted octanol–water partition coefficient (Wildman–Crippen LogP) is 3.28. The average molecular weight is 427 g/mol. The van der Waals surface area contributed by atoms with Gasteiger partial charge in [-0.15, -0.1) is 0 Å². The first-order valence-electron chi connectivity index (χ1n) is 10.3. The van der Waals surface area contributed by atoms with Gasteiger partial charge in [-0.1, -0.05) is 61.0 Å². The van der Waals surface area contributed by atoms with Crippen LogP contribution in [0.3, 0.4) is 0 Å². The Kier molecular flexibility index (Phi) is 7.90. The molecule has 1 unspecified atom stereocenters. The molecule has 2 aromatic carbocycles. The molecule has 1 aliphatic rings. The summed E-state index contributed by atoms with van der Waals surface area (Å²) in [7, 11) is 0. The quantitative estimate of drug-likeness (QED) is 0.404. The van der Waals surface area contributed by atoms with E-state index in [2.05, 4.69) is 76.0 Å². The Labute approximate surface area is 182 Å². The summed E-state index contributed by atoms with van der Waals surface area (Å²) < 4.78 is 2.11. The molecule has 0 saturated carbocycles. The van der Waals surface area contributed by atoms with E-state index in [-0.39, 0.29) is 12.5 Å². The van der Waals surface area contributed by atoms with E-state index in [4.69, 9.17) is 0 Å². The van der Waals surface area contributed by atoms with Gasteiger partial charge in [0.05, 0.1) is 6.54 Å². The smallest absolute Gasteiger partial charge is 0.261 e. The molecule has 2 amide bonds. The number of hydrogen-bond acceptors (Lipinski definition) is 5. The van der Waals surface area contributed by atoms with Gasteiger partial charge in [0.25, 0.3) is 11.8 Å². The van der Waals surface area contributed by atoms with Crippen LogP contribution in [0.5, 0.6) is 0 Å². The fourth-order valence-corrected chi connectivity index (χ4v) is 4.83. The van der Waals surface area contributed by atoms with E-state index in [9.17, 15) is 9.59 Å². The number of piperidine rings is 1. The summed E-state index contributed by atoms with van der Waals surface area (Å²) >= 11 is 1.57. The van der Waals surface area contributed by atoms with Gasteiger partial charge in [-0.05, 0) is 48.4 Å². The number of benzene rings is 2. The molecule has 1 fully saturated rings. The number of carbonyl (C=O) groups is 2. The van der Waals surface area contributed by atoms with Crippen LogP contribution in [0.2, 0.25) is 0 Å². The lowest BCUT2D eigenvalue weighted by molar-refractivity contribution is -0.127. The first-order chi connectivity index (χ1) is 14.5. The monoisotopic (exact) mass is 426 g/mol. The molecule has 160 valence electrons. The molecule has 30 heavy (non-hydrogen) atoms. The molecule has 0 bridgehead atoms. The third-order valence-electron chi connectivity index (χ3n) is 5.77. The van der Waals surface area contributed by atoms with Gasteiger partial charge in [0.1, 0.15) is 0 Å². The molecule has 0 spiro atoms. The molecule has 2 aromatic rings. The Balaban J connectivity index is 1.57.